The zero-order valence-electron chi connectivity index (χ0n) is 12.1. The number of terminal acetylenes is 2. The largest absolute Gasteiger partial charge is 0.120 e. The van der Waals surface area contributed by atoms with E-state index < -0.39 is 0 Å². The summed E-state index contributed by atoms with van der Waals surface area (Å²) in [5, 5.41) is 0. The second kappa shape index (κ2) is 10.8. The molecule has 0 heterocycles. The van der Waals surface area contributed by atoms with Crippen molar-refractivity contribution >= 4 is 0 Å². The Bertz CT molecular complexity index is 339. The third kappa shape index (κ3) is 6.42. The predicted molar refractivity (Wildman–Crippen MR) is 80.6 cm³/mol. The highest BCUT2D eigenvalue weighted by Crippen LogP contribution is 2.21. The van der Waals surface area contributed by atoms with Gasteiger partial charge in [-0.15, -0.1) is 30.6 Å². The molecule has 0 nitrogen and oxygen atoms in total. The van der Waals surface area contributed by atoms with Gasteiger partial charge in [-0.2, -0.15) is 0 Å². The molecule has 18 heavy (non-hydrogen) atoms. The lowest BCUT2D eigenvalue weighted by molar-refractivity contribution is 0.392. The van der Waals surface area contributed by atoms with Crippen molar-refractivity contribution in [3.8, 4) is 36.5 Å². The van der Waals surface area contributed by atoms with Crippen molar-refractivity contribution in [3.63, 3.8) is 0 Å². The molecule has 3 unspecified atom stereocenters. The van der Waals surface area contributed by atoms with Crippen LogP contribution in [0, 0.1) is 54.3 Å². The fourth-order valence-electron chi connectivity index (χ4n) is 2.13. The van der Waals surface area contributed by atoms with Crippen LogP contribution >= 0.6 is 0 Å². The topological polar surface area (TPSA) is 0 Å². The number of hydrogen-bond donors (Lipinski definition) is 0. The maximum Gasteiger partial charge on any atom is 0.0237 e. The molecule has 0 rings (SSSR count). The van der Waals surface area contributed by atoms with Crippen LogP contribution in [0.2, 0.25) is 0 Å². The minimum absolute atomic E-state index is 0.382. The van der Waals surface area contributed by atoms with Crippen molar-refractivity contribution in [3.05, 3.63) is 0 Å². The highest BCUT2D eigenvalue weighted by atomic mass is 14.2. The molecule has 0 saturated heterocycles. The van der Waals surface area contributed by atoms with Crippen LogP contribution < -0.4 is 0 Å². The molecule has 0 N–H and O–H groups in total. The van der Waals surface area contributed by atoms with Gasteiger partial charge in [0.2, 0.25) is 0 Å². The van der Waals surface area contributed by atoms with Gasteiger partial charge in [-0.3, -0.25) is 0 Å². The van der Waals surface area contributed by atoms with E-state index in [1.165, 1.54) is 0 Å². The Morgan fingerprint density at radius 2 is 1.72 bits per heavy atom. The van der Waals surface area contributed by atoms with Crippen molar-refractivity contribution in [2.75, 3.05) is 0 Å². The molecular formula is C18H26. The van der Waals surface area contributed by atoms with Gasteiger partial charge in [0, 0.05) is 24.7 Å². The molecule has 0 amide bonds. The van der Waals surface area contributed by atoms with Gasteiger partial charge in [0.1, 0.15) is 0 Å². The van der Waals surface area contributed by atoms with E-state index in [4.69, 9.17) is 12.8 Å². The number of rotatable bonds is 7. The Morgan fingerprint density at radius 1 is 1.00 bits per heavy atom. The van der Waals surface area contributed by atoms with Gasteiger partial charge in [0.15, 0.2) is 0 Å². The quantitative estimate of drug-likeness (QED) is 0.576. The summed E-state index contributed by atoms with van der Waals surface area (Å²) in [6.07, 6.45) is 16.9. The van der Waals surface area contributed by atoms with Gasteiger partial charge in [-0.1, -0.05) is 33.1 Å². The van der Waals surface area contributed by atoms with Gasteiger partial charge in [0.25, 0.3) is 0 Å². The molecule has 0 aliphatic rings. The molecule has 3 atom stereocenters. The van der Waals surface area contributed by atoms with E-state index in [2.05, 4.69) is 44.5 Å². The fraction of sp³-hybridized carbons (Fsp3) is 0.667. The Hall–Kier alpha value is -1.32. The van der Waals surface area contributed by atoms with Crippen molar-refractivity contribution in [2.45, 2.75) is 59.3 Å². The smallest absolute Gasteiger partial charge is 0.0237 e. The van der Waals surface area contributed by atoms with E-state index in [9.17, 15) is 0 Å². The second-order valence-corrected chi connectivity index (χ2v) is 4.72. The molecule has 0 aliphatic heterocycles. The van der Waals surface area contributed by atoms with E-state index in [1.54, 1.807) is 0 Å². The summed E-state index contributed by atoms with van der Waals surface area (Å²) in [5.74, 6) is 13.6. The third-order valence-corrected chi connectivity index (χ3v) is 3.55. The van der Waals surface area contributed by atoms with Crippen LogP contribution in [-0.4, -0.2) is 0 Å². The Balaban J connectivity index is 4.29. The summed E-state index contributed by atoms with van der Waals surface area (Å²) in [6, 6.07) is 0. The highest BCUT2D eigenvalue weighted by molar-refractivity contribution is 5.07. The SMILES string of the molecule is C#CCC(CC)C(C#CCCC(C#C)CC)CC. The molecule has 0 aromatic carbocycles. The molecule has 0 fully saturated rings. The number of hydrogen-bond acceptors (Lipinski definition) is 0. The molecule has 0 spiro atoms. The zero-order chi connectivity index (χ0) is 13.8. The Morgan fingerprint density at radius 3 is 2.17 bits per heavy atom. The van der Waals surface area contributed by atoms with Gasteiger partial charge in [-0.05, 0) is 25.2 Å². The van der Waals surface area contributed by atoms with Crippen LogP contribution in [0.5, 0.6) is 0 Å². The second-order valence-electron chi connectivity index (χ2n) is 4.72. The third-order valence-electron chi connectivity index (χ3n) is 3.55. The van der Waals surface area contributed by atoms with Crippen LogP contribution in [0.25, 0.3) is 0 Å². The maximum atomic E-state index is 5.44. The predicted octanol–water partition coefficient (Wildman–Crippen LogP) is 4.51. The van der Waals surface area contributed by atoms with Crippen molar-refractivity contribution < 1.29 is 0 Å². The standard InChI is InChI=1S/C18H26/c1-6-13-17(9-4)18(10-5)15-12-11-14-16(7-2)8-3/h1-2,16-18H,8-11,13-14H2,3-5H3. The summed E-state index contributed by atoms with van der Waals surface area (Å²) >= 11 is 0. The highest BCUT2D eigenvalue weighted by Gasteiger charge is 2.14. The minimum Gasteiger partial charge on any atom is -0.120 e. The molecule has 0 aromatic heterocycles. The summed E-state index contributed by atoms with van der Waals surface area (Å²) in [4.78, 5) is 0. The van der Waals surface area contributed by atoms with E-state index in [-0.39, 0.29) is 0 Å². The summed E-state index contributed by atoms with van der Waals surface area (Å²) in [6.45, 7) is 6.51. The van der Waals surface area contributed by atoms with Crippen molar-refractivity contribution in [2.24, 2.45) is 17.8 Å². The van der Waals surface area contributed by atoms with Gasteiger partial charge in [0.05, 0.1) is 0 Å². The monoisotopic (exact) mass is 242 g/mol. The lowest BCUT2D eigenvalue weighted by atomic mass is 9.86. The summed E-state index contributed by atoms with van der Waals surface area (Å²) in [5.41, 5.74) is 0. The molecular weight excluding hydrogens is 216 g/mol. The van der Waals surface area contributed by atoms with E-state index >= 15 is 0 Å². The molecule has 98 valence electrons. The van der Waals surface area contributed by atoms with Crippen LogP contribution in [0.1, 0.15) is 59.3 Å². The molecule has 0 heteroatoms. The first kappa shape index (κ1) is 16.7. The lowest BCUT2D eigenvalue weighted by Crippen LogP contribution is -2.11. The average molecular weight is 242 g/mol. The van der Waals surface area contributed by atoms with Crippen LogP contribution in [0.3, 0.4) is 0 Å². The van der Waals surface area contributed by atoms with Crippen molar-refractivity contribution in [1.82, 2.24) is 0 Å². The minimum atomic E-state index is 0.382. The lowest BCUT2D eigenvalue weighted by Gasteiger charge is -2.17. The first-order valence-electron chi connectivity index (χ1n) is 7.11. The molecule has 0 aliphatic carbocycles. The molecule has 0 saturated carbocycles. The summed E-state index contributed by atoms with van der Waals surface area (Å²) in [7, 11) is 0. The van der Waals surface area contributed by atoms with Crippen LogP contribution in [0.15, 0.2) is 0 Å². The van der Waals surface area contributed by atoms with Crippen LogP contribution in [-0.2, 0) is 0 Å². The Kier molecular flexibility index (Phi) is 10.0. The van der Waals surface area contributed by atoms with E-state index in [0.29, 0.717) is 17.8 Å². The maximum absolute atomic E-state index is 5.44. The first-order valence-corrected chi connectivity index (χ1v) is 7.11. The normalized spacial score (nSPS) is 14.5. The molecule has 0 bridgehead atoms. The molecule has 0 aromatic rings. The van der Waals surface area contributed by atoms with Crippen LogP contribution in [0.4, 0.5) is 0 Å². The van der Waals surface area contributed by atoms with Gasteiger partial charge < -0.3 is 0 Å². The summed E-state index contributed by atoms with van der Waals surface area (Å²) < 4.78 is 0. The van der Waals surface area contributed by atoms with Crippen molar-refractivity contribution in [1.29, 1.82) is 0 Å². The molecule has 0 radical (unpaired) electrons. The first-order chi connectivity index (χ1) is 8.73. The van der Waals surface area contributed by atoms with E-state index in [0.717, 1.165) is 38.5 Å². The van der Waals surface area contributed by atoms with Gasteiger partial charge >= 0.3 is 0 Å². The fourth-order valence-corrected chi connectivity index (χ4v) is 2.13. The zero-order valence-corrected chi connectivity index (χ0v) is 12.1. The Labute approximate surface area is 114 Å². The van der Waals surface area contributed by atoms with Gasteiger partial charge in [-0.25, -0.2) is 0 Å². The average Bonchev–Trinajstić information content (AvgIpc) is 2.41. The van der Waals surface area contributed by atoms with E-state index in [1.807, 2.05) is 0 Å².